The largest absolute Gasteiger partial charge is 0.354 e. The molecule has 1 rings (SSSR count). The molecule has 1 atom stereocenters. The molecular weight excluding hydrogens is 236 g/mol. The van der Waals surface area contributed by atoms with E-state index in [1.807, 2.05) is 13.1 Å². The molecule has 0 radical (unpaired) electrons. The lowest BCUT2D eigenvalue weighted by molar-refractivity contribution is -0.121. The molecule has 3 nitrogen and oxygen atoms in total. The number of hydrogen-bond acceptors (Lipinski definition) is 2. The Balaban J connectivity index is 2.51. The molecule has 0 saturated carbocycles. The van der Waals surface area contributed by atoms with Gasteiger partial charge in [-0.2, -0.15) is 0 Å². The highest BCUT2D eigenvalue weighted by atomic mass is 16.1. The monoisotopic (exact) mass is 262 g/mol. The summed E-state index contributed by atoms with van der Waals surface area (Å²) in [5.41, 5.74) is 1.38. The summed E-state index contributed by atoms with van der Waals surface area (Å²) in [5.74, 6) is 0.116. The molecular formula is C16H26N2O. The summed E-state index contributed by atoms with van der Waals surface area (Å²) in [4.78, 5) is 11.7. The average molecular weight is 262 g/mol. The number of benzene rings is 1. The van der Waals surface area contributed by atoms with Gasteiger partial charge < -0.3 is 10.6 Å². The fourth-order valence-corrected chi connectivity index (χ4v) is 2.41. The Morgan fingerprint density at radius 2 is 1.89 bits per heavy atom. The molecule has 19 heavy (non-hydrogen) atoms. The third kappa shape index (κ3) is 5.43. The average Bonchev–Trinajstić information content (AvgIpc) is 2.36. The van der Waals surface area contributed by atoms with Crippen LogP contribution in [0.5, 0.6) is 0 Å². The maximum atomic E-state index is 11.7. The van der Waals surface area contributed by atoms with Crippen molar-refractivity contribution in [2.24, 2.45) is 0 Å². The van der Waals surface area contributed by atoms with Crippen LogP contribution in [-0.4, -0.2) is 25.5 Å². The van der Waals surface area contributed by atoms with Crippen LogP contribution in [0.25, 0.3) is 0 Å². The molecule has 1 aromatic carbocycles. The fourth-order valence-electron chi connectivity index (χ4n) is 2.41. The summed E-state index contributed by atoms with van der Waals surface area (Å²) in [6.45, 7) is 7.24. The first-order valence-electron chi connectivity index (χ1n) is 6.95. The second-order valence-electron chi connectivity index (χ2n) is 5.78. The molecule has 1 amide bonds. The highest BCUT2D eigenvalue weighted by molar-refractivity contribution is 5.76. The number of amides is 1. The number of carbonyl (C=O) groups excluding carboxylic acids is 1. The lowest BCUT2D eigenvalue weighted by Crippen LogP contribution is -2.38. The SMILES string of the molecule is CNCCC(=O)NC(C)CC(C)(C)c1ccccc1. The number of hydrogen-bond donors (Lipinski definition) is 2. The van der Waals surface area contributed by atoms with Crippen LogP contribution in [0.2, 0.25) is 0 Å². The van der Waals surface area contributed by atoms with Crippen LogP contribution in [0.1, 0.15) is 39.2 Å². The highest BCUT2D eigenvalue weighted by Crippen LogP contribution is 2.28. The lowest BCUT2D eigenvalue weighted by Gasteiger charge is -2.29. The topological polar surface area (TPSA) is 41.1 Å². The van der Waals surface area contributed by atoms with Crippen molar-refractivity contribution >= 4 is 5.91 Å². The van der Waals surface area contributed by atoms with Crippen molar-refractivity contribution in [2.75, 3.05) is 13.6 Å². The molecule has 0 saturated heterocycles. The van der Waals surface area contributed by atoms with Gasteiger partial charge in [0.05, 0.1) is 0 Å². The van der Waals surface area contributed by atoms with Gasteiger partial charge in [0, 0.05) is 19.0 Å². The van der Waals surface area contributed by atoms with E-state index in [2.05, 4.69) is 55.7 Å². The summed E-state index contributed by atoms with van der Waals surface area (Å²) < 4.78 is 0. The van der Waals surface area contributed by atoms with E-state index in [9.17, 15) is 4.79 Å². The number of nitrogens with one attached hydrogen (secondary N) is 2. The van der Waals surface area contributed by atoms with Gasteiger partial charge >= 0.3 is 0 Å². The number of carbonyl (C=O) groups is 1. The third-order valence-corrected chi connectivity index (χ3v) is 3.38. The minimum absolute atomic E-state index is 0.0664. The molecule has 3 heteroatoms. The van der Waals surface area contributed by atoms with Crippen LogP contribution in [0, 0.1) is 0 Å². The van der Waals surface area contributed by atoms with Gasteiger partial charge in [-0.1, -0.05) is 44.2 Å². The summed E-state index contributed by atoms with van der Waals surface area (Å²) in [7, 11) is 1.86. The molecule has 1 aromatic rings. The molecule has 0 aliphatic carbocycles. The van der Waals surface area contributed by atoms with Gasteiger partial charge in [-0.25, -0.2) is 0 Å². The van der Waals surface area contributed by atoms with E-state index < -0.39 is 0 Å². The van der Waals surface area contributed by atoms with Crippen LogP contribution in [-0.2, 0) is 10.2 Å². The normalized spacial score (nSPS) is 13.1. The zero-order valence-electron chi connectivity index (χ0n) is 12.5. The first-order chi connectivity index (χ1) is 8.95. The van der Waals surface area contributed by atoms with Gasteiger partial charge in [0.15, 0.2) is 0 Å². The summed E-state index contributed by atoms with van der Waals surface area (Å²) in [6.07, 6.45) is 1.47. The minimum Gasteiger partial charge on any atom is -0.354 e. The standard InChI is InChI=1S/C16H26N2O/c1-13(18-15(19)10-11-17-4)12-16(2,3)14-8-6-5-7-9-14/h5-9,13,17H,10-12H2,1-4H3,(H,18,19). The second-order valence-corrected chi connectivity index (χ2v) is 5.78. The van der Waals surface area contributed by atoms with Crippen molar-refractivity contribution in [1.29, 1.82) is 0 Å². The maximum absolute atomic E-state index is 11.7. The van der Waals surface area contributed by atoms with Gasteiger partial charge in [0.25, 0.3) is 0 Å². The lowest BCUT2D eigenvalue weighted by atomic mass is 9.79. The Morgan fingerprint density at radius 1 is 1.26 bits per heavy atom. The van der Waals surface area contributed by atoms with Gasteiger partial charge in [0.1, 0.15) is 0 Å². The van der Waals surface area contributed by atoms with Crippen molar-refractivity contribution in [3.05, 3.63) is 35.9 Å². The summed E-state index contributed by atoms with van der Waals surface area (Å²) in [6, 6.07) is 10.6. The first kappa shape index (κ1) is 15.7. The quantitative estimate of drug-likeness (QED) is 0.792. The van der Waals surface area contributed by atoms with E-state index in [-0.39, 0.29) is 17.4 Å². The van der Waals surface area contributed by atoms with Crippen molar-refractivity contribution in [1.82, 2.24) is 10.6 Å². The Morgan fingerprint density at radius 3 is 2.47 bits per heavy atom. The Labute approximate surface area is 116 Å². The van der Waals surface area contributed by atoms with E-state index in [4.69, 9.17) is 0 Å². The van der Waals surface area contributed by atoms with E-state index in [0.717, 1.165) is 13.0 Å². The molecule has 0 aliphatic rings. The minimum atomic E-state index is 0.0664. The zero-order chi connectivity index (χ0) is 14.3. The molecule has 0 bridgehead atoms. The predicted molar refractivity (Wildman–Crippen MR) is 80.2 cm³/mol. The Bertz CT molecular complexity index is 387. The van der Waals surface area contributed by atoms with Crippen LogP contribution >= 0.6 is 0 Å². The van der Waals surface area contributed by atoms with E-state index in [1.54, 1.807) is 0 Å². The fraction of sp³-hybridized carbons (Fsp3) is 0.562. The van der Waals surface area contributed by atoms with Crippen molar-refractivity contribution in [2.45, 2.75) is 45.1 Å². The molecule has 1 unspecified atom stereocenters. The molecule has 0 fully saturated rings. The third-order valence-electron chi connectivity index (χ3n) is 3.38. The van der Waals surface area contributed by atoms with Gasteiger partial charge in [0.2, 0.25) is 5.91 Å². The zero-order valence-corrected chi connectivity index (χ0v) is 12.5. The highest BCUT2D eigenvalue weighted by Gasteiger charge is 2.23. The predicted octanol–water partition coefficient (Wildman–Crippen LogP) is 2.47. The first-order valence-corrected chi connectivity index (χ1v) is 6.95. The Kier molecular flexibility index (Phi) is 6.03. The van der Waals surface area contributed by atoms with E-state index >= 15 is 0 Å². The molecule has 0 heterocycles. The van der Waals surface area contributed by atoms with Crippen molar-refractivity contribution in [3.8, 4) is 0 Å². The molecule has 0 aliphatic heterocycles. The van der Waals surface area contributed by atoms with E-state index in [1.165, 1.54) is 5.56 Å². The molecule has 106 valence electrons. The van der Waals surface area contributed by atoms with Crippen LogP contribution < -0.4 is 10.6 Å². The van der Waals surface area contributed by atoms with Crippen molar-refractivity contribution in [3.63, 3.8) is 0 Å². The second kappa shape index (κ2) is 7.29. The molecule has 2 N–H and O–H groups in total. The smallest absolute Gasteiger partial charge is 0.221 e. The van der Waals surface area contributed by atoms with Crippen LogP contribution in [0.15, 0.2) is 30.3 Å². The van der Waals surface area contributed by atoms with Crippen LogP contribution in [0.3, 0.4) is 0 Å². The number of rotatable bonds is 7. The molecule has 0 aromatic heterocycles. The van der Waals surface area contributed by atoms with Gasteiger partial charge in [-0.15, -0.1) is 0 Å². The van der Waals surface area contributed by atoms with Gasteiger partial charge in [-0.3, -0.25) is 4.79 Å². The van der Waals surface area contributed by atoms with Crippen molar-refractivity contribution < 1.29 is 4.79 Å². The summed E-state index contributed by atoms with van der Waals surface area (Å²) >= 11 is 0. The van der Waals surface area contributed by atoms with Crippen LogP contribution in [0.4, 0.5) is 0 Å². The Hall–Kier alpha value is -1.35. The summed E-state index contributed by atoms with van der Waals surface area (Å²) in [5, 5.41) is 6.05. The van der Waals surface area contributed by atoms with E-state index in [0.29, 0.717) is 6.42 Å². The van der Waals surface area contributed by atoms with Gasteiger partial charge in [-0.05, 0) is 31.4 Å². The maximum Gasteiger partial charge on any atom is 0.221 e. The molecule has 0 spiro atoms.